The molecule has 0 aliphatic rings. The van der Waals surface area contributed by atoms with Crippen LogP contribution in [-0.2, 0) is 7.05 Å². The highest BCUT2D eigenvalue weighted by Gasteiger charge is 2.09. The predicted octanol–water partition coefficient (Wildman–Crippen LogP) is 0.468. The molecule has 2 N–H and O–H groups in total. The highest BCUT2D eigenvalue weighted by atomic mass is 16.5. The highest BCUT2D eigenvalue weighted by molar-refractivity contribution is 5.66. The number of hydrogen-bond acceptors (Lipinski definition) is 5. The van der Waals surface area contributed by atoms with Crippen molar-refractivity contribution in [2.45, 2.75) is 0 Å². The van der Waals surface area contributed by atoms with Gasteiger partial charge in [-0.2, -0.15) is 10.1 Å². The van der Waals surface area contributed by atoms with Crippen molar-refractivity contribution < 1.29 is 4.74 Å². The van der Waals surface area contributed by atoms with E-state index in [1.807, 2.05) is 13.2 Å². The summed E-state index contributed by atoms with van der Waals surface area (Å²) in [6.45, 7) is 0. The Morgan fingerprint density at radius 3 is 2.80 bits per heavy atom. The summed E-state index contributed by atoms with van der Waals surface area (Å²) in [6, 6.07) is 0. The first-order valence-corrected chi connectivity index (χ1v) is 4.36. The monoisotopic (exact) mass is 205 g/mol. The van der Waals surface area contributed by atoms with Gasteiger partial charge in [-0.1, -0.05) is 0 Å². The van der Waals surface area contributed by atoms with Crippen molar-refractivity contribution in [3.63, 3.8) is 0 Å². The number of aromatic nitrogens is 4. The lowest BCUT2D eigenvalue weighted by atomic mass is 10.2. The van der Waals surface area contributed by atoms with Crippen molar-refractivity contribution in [2.75, 3.05) is 12.8 Å². The second-order valence-electron chi connectivity index (χ2n) is 3.05. The van der Waals surface area contributed by atoms with E-state index in [1.54, 1.807) is 24.2 Å². The van der Waals surface area contributed by atoms with E-state index in [0.29, 0.717) is 5.88 Å². The maximum absolute atomic E-state index is 5.46. The first-order valence-electron chi connectivity index (χ1n) is 4.36. The summed E-state index contributed by atoms with van der Waals surface area (Å²) >= 11 is 0. The van der Waals surface area contributed by atoms with Gasteiger partial charge < -0.3 is 10.5 Å². The van der Waals surface area contributed by atoms with Crippen molar-refractivity contribution in [1.82, 2.24) is 19.7 Å². The zero-order valence-electron chi connectivity index (χ0n) is 8.51. The lowest BCUT2D eigenvalue weighted by molar-refractivity contribution is 0.399. The van der Waals surface area contributed by atoms with Crippen LogP contribution in [0, 0.1) is 0 Å². The zero-order chi connectivity index (χ0) is 10.8. The lowest BCUT2D eigenvalue weighted by Gasteiger charge is -2.04. The van der Waals surface area contributed by atoms with Crippen LogP contribution in [0.3, 0.4) is 0 Å². The van der Waals surface area contributed by atoms with E-state index in [1.165, 1.54) is 0 Å². The Balaban J connectivity index is 2.52. The Hall–Kier alpha value is -2.11. The van der Waals surface area contributed by atoms with Gasteiger partial charge in [0.05, 0.1) is 18.9 Å². The number of nitrogens with two attached hydrogens (primary N) is 1. The van der Waals surface area contributed by atoms with Crippen molar-refractivity contribution in [1.29, 1.82) is 0 Å². The molecule has 0 bridgehead atoms. The standard InChI is InChI=1S/C9H11N5O/c1-14-5-6(3-12-14)7-4-11-9(10)13-8(7)15-2/h3-5H,1-2H3,(H2,10,11,13). The SMILES string of the molecule is COc1nc(N)ncc1-c1cnn(C)c1. The Kier molecular flexibility index (Phi) is 2.24. The first-order chi connectivity index (χ1) is 7.20. The smallest absolute Gasteiger partial charge is 0.226 e. The summed E-state index contributed by atoms with van der Waals surface area (Å²) in [5.74, 6) is 0.648. The van der Waals surface area contributed by atoms with Gasteiger partial charge >= 0.3 is 0 Å². The molecule has 0 aliphatic heterocycles. The van der Waals surface area contributed by atoms with Crippen LogP contribution in [0.15, 0.2) is 18.6 Å². The summed E-state index contributed by atoms with van der Waals surface area (Å²) in [5, 5.41) is 4.07. The topological polar surface area (TPSA) is 78.8 Å². The molecular formula is C9H11N5O. The Morgan fingerprint density at radius 1 is 1.40 bits per heavy atom. The maximum atomic E-state index is 5.46. The van der Waals surface area contributed by atoms with Crippen molar-refractivity contribution in [2.24, 2.45) is 7.05 Å². The molecule has 6 nitrogen and oxygen atoms in total. The molecule has 78 valence electrons. The number of aryl methyl sites for hydroxylation is 1. The van der Waals surface area contributed by atoms with Gasteiger partial charge in [0.1, 0.15) is 0 Å². The van der Waals surface area contributed by atoms with E-state index in [4.69, 9.17) is 10.5 Å². The Morgan fingerprint density at radius 2 is 2.20 bits per heavy atom. The van der Waals surface area contributed by atoms with Gasteiger partial charge in [0.2, 0.25) is 11.8 Å². The van der Waals surface area contributed by atoms with Crippen LogP contribution in [0.1, 0.15) is 0 Å². The molecule has 6 heteroatoms. The minimum Gasteiger partial charge on any atom is -0.480 e. The van der Waals surface area contributed by atoms with Gasteiger partial charge in [-0.05, 0) is 0 Å². The van der Waals surface area contributed by atoms with Crippen LogP contribution in [0.5, 0.6) is 5.88 Å². The molecule has 0 aliphatic carbocycles. The molecule has 2 rings (SSSR count). The molecule has 15 heavy (non-hydrogen) atoms. The molecule has 0 unspecified atom stereocenters. The van der Waals surface area contributed by atoms with Crippen LogP contribution in [-0.4, -0.2) is 26.9 Å². The van der Waals surface area contributed by atoms with E-state index >= 15 is 0 Å². The van der Waals surface area contributed by atoms with Crippen LogP contribution in [0.4, 0.5) is 5.95 Å². The maximum Gasteiger partial charge on any atom is 0.226 e. The largest absolute Gasteiger partial charge is 0.480 e. The molecule has 2 aromatic rings. The third kappa shape index (κ3) is 1.74. The summed E-state index contributed by atoms with van der Waals surface area (Å²) in [4.78, 5) is 7.91. The van der Waals surface area contributed by atoms with Crippen molar-refractivity contribution in [3.05, 3.63) is 18.6 Å². The van der Waals surface area contributed by atoms with Gasteiger partial charge in [0.15, 0.2) is 0 Å². The molecule has 0 radical (unpaired) electrons. The predicted molar refractivity (Wildman–Crippen MR) is 55.2 cm³/mol. The number of ether oxygens (including phenoxy) is 1. The number of hydrogen-bond donors (Lipinski definition) is 1. The molecular weight excluding hydrogens is 194 g/mol. The van der Waals surface area contributed by atoms with Crippen molar-refractivity contribution in [3.8, 4) is 17.0 Å². The third-order valence-electron chi connectivity index (χ3n) is 1.98. The van der Waals surface area contributed by atoms with Gasteiger partial charge in [0, 0.05) is 25.0 Å². The minimum atomic E-state index is 0.194. The molecule has 2 heterocycles. The molecule has 0 amide bonds. The van der Waals surface area contributed by atoms with Crippen molar-refractivity contribution >= 4 is 5.95 Å². The number of rotatable bonds is 2. The number of nitrogens with zero attached hydrogens (tertiary/aromatic N) is 4. The quantitative estimate of drug-likeness (QED) is 0.770. The average Bonchev–Trinajstić information content (AvgIpc) is 2.64. The molecule has 0 fully saturated rings. The third-order valence-corrected chi connectivity index (χ3v) is 1.98. The number of methoxy groups -OCH3 is 1. The van der Waals surface area contributed by atoms with Crippen LogP contribution in [0.25, 0.3) is 11.1 Å². The molecule has 0 aromatic carbocycles. The van der Waals surface area contributed by atoms with E-state index in [9.17, 15) is 0 Å². The average molecular weight is 205 g/mol. The number of nitrogen functional groups attached to an aromatic ring is 1. The van der Waals surface area contributed by atoms with Crippen LogP contribution >= 0.6 is 0 Å². The summed E-state index contributed by atoms with van der Waals surface area (Å²) in [6.07, 6.45) is 5.20. The number of anilines is 1. The van der Waals surface area contributed by atoms with Gasteiger partial charge in [-0.15, -0.1) is 0 Å². The fourth-order valence-corrected chi connectivity index (χ4v) is 1.29. The lowest BCUT2D eigenvalue weighted by Crippen LogP contribution is -1.98. The van der Waals surface area contributed by atoms with E-state index in [2.05, 4.69) is 15.1 Å². The first kappa shape index (κ1) is 9.45. The van der Waals surface area contributed by atoms with E-state index < -0.39 is 0 Å². The van der Waals surface area contributed by atoms with Gasteiger partial charge in [-0.25, -0.2) is 4.98 Å². The van der Waals surface area contributed by atoms with Gasteiger partial charge in [-0.3, -0.25) is 4.68 Å². The van der Waals surface area contributed by atoms with E-state index in [-0.39, 0.29) is 5.95 Å². The van der Waals surface area contributed by atoms with Crippen LogP contribution in [0.2, 0.25) is 0 Å². The minimum absolute atomic E-state index is 0.194. The van der Waals surface area contributed by atoms with Crippen LogP contribution < -0.4 is 10.5 Å². The summed E-state index contributed by atoms with van der Waals surface area (Å²) < 4.78 is 6.82. The normalized spacial score (nSPS) is 10.3. The highest BCUT2D eigenvalue weighted by Crippen LogP contribution is 2.26. The Labute approximate surface area is 86.7 Å². The molecule has 2 aromatic heterocycles. The Bertz CT molecular complexity index is 479. The summed E-state index contributed by atoms with van der Waals surface area (Å²) in [7, 11) is 3.38. The van der Waals surface area contributed by atoms with Gasteiger partial charge in [0.25, 0.3) is 0 Å². The molecule has 0 spiro atoms. The summed E-state index contributed by atoms with van der Waals surface area (Å²) in [5.41, 5.74) is 7.14. The second-order valence-corrected chi connectivity index (χ2v) is 3.05. The fourth-order valence-electron chi connectivity index (χ4n) is 1.29. The fraction of sp³-hybridized carbons (Fsp3) is 0.222. The van der Waals surface area contributed by atoms with E-state index in [0.717, 1.165) is 11.1 Å². The molecule has 0 saturated carbocycles. The zero-order valence-corrected chi connectivity index (χ0v) is 8.51. The molecule has 0 atom stereocenters. The molecule has 0 saturated heterocycles. The second kappa shape index (κ2) is 3.56.